The highest BCUT2D eigenvalue weighted by Crippen LogP contribution is 2.31. The molecule has 1 aromatic heterocycles. The molecule has 0 saturated heterocycles. The molecule has 2 aromatic carbocycles. The van der Waals surface area contributed by atoms with Crippen molar-refractivity contribution in [2.24, 2.45) is 0 Å². The Morgan fingerprint density at radius 1 is 1.26 bits per heavy atom. The number of nitrogens with zero attached hydrogens (tertiary/aromatic N) is 3. The van der Waals surface area contributed by atoms with E-state index in [0.29, 0.717) is 28.1 Å². The number of rotatable bonds is 6. The minimum Gasteiger partial charge on any atom is -0.872 e. The van der Waals surface area contributed by atoms with Gasteiger partial charge >= 0.3 is 5.97 Å². The van der Waals surface area contributed by atoms with Gasteiger partial charge in [0.15, 0.2) is 11.0 Å². The molecule has 8 heteroatoms. The second kappa shape index (κ2) is 8.28. The number of thioether (sulfide) groups is 1. The number of carboxylic acids is 1. The Morgan fingerprint density at radius 2 is 2.00 bits per heavy atom. The molecular weight excluding hydrogens is 386 g/mol. The summed E-state index contributed by atoms with van der Waals surface area (Å²) < 4.78 is 1.83. The summed E-state index contributed by atoms with van der Waals surface area (Å²) in [5, 5.41) is 30.4. The van der Waals surface area contributed by atoms with Gasteiger partial charge < -0.3 is 14.8 Å². The predicted octanol–water partition coefficient (Wildman–Crippen LogP) is 3.91. The SMILES string of the molecule is CCn1c(S/C(=C/c2cccc([O-])c2)C(=O)O)nnc1-c1ccc(Cl)cc1. The van der Waals surface area contributed by atoms with E-state index in [1.165, 1.54) is 18.2 Å². The maximum absolute atomic E-state index is 11.7. The third-order valence-electron chi connectivity index (χ3n) is 3.70. The third-order valence-corrected chi connectivity index (χ3v) is 4.95. The van der Waals surface area contributed by atoms with Crippen LogP contribution in [0.2, 0.25) is 5.02 Å². The minimum atomic E-state index is -1.10. The molecular formula is C19H15ClN3O3S-. The Balaban J connectivity index is 1.95. The van der Waals surface area contributed by atoms with Gasteiger partial charge in [0.1, 0.15) is 4.91 Å². The topological polar surface area (TPSA) is 91.1 Å². The van der Waals surface area contributed by atoms with Gasteiger partial charge in [-0.05, 0) is 54.6 Å². The van der Waals surface area contributed by atoms with E-state index < -0.39 is 5.97 Å². The van der Waals surface area contributed by atoms with Crippen LogP contribution in [0.5, 0.6) is 5.75 Å². The summed E-state index contributed by atoms with van der Waals surface area (Å²) in [5.74, 6) is -0.654. The largest absolute Gasteiger partial charge is 0.872 e. The standard InChI is InChI=1S/C19H16ClN3O3S/c1-2-23-17(13-6-8-14(20)9-7-13)21-22-19(23)27-16(18(25)26)11-12-4-3-5-15(24)10-12/h3-11,24H,2H2,1H3,(H,25,26)/p-1/b16-11+. The Kier molecular flexibility index (Phi) is 5.83. The molecule has 0 atom stereocenters. The molecule has 0 saturated carbocycles. The molecule has 1 N–H and O–H groups in total. The average molecular weight is 401 g/mol. The van der Waals surface area contributed by atoms with Gasteiger partial charge in [-0.3, -0.25) is 0 Å². The smallest absolute Gasteiger partial charge is 0.342 e. The molecule has 0 bridgehead atoms. The van der Waals surface area contributed by atoms with Crippen LogP contribution in [0.1, 0.15) is 12.5 Å². The van der Waals surface area contributed by atoms with Gasteiger partial charge in [0.05, 0.1) is 0 Å². The fourth-order valence-corrected chi connectivity index (χ4v) is 3.46. The van der Waals surface area contributed by atoms with E-state index in [9.17, 15) is 15.0 Å². The molecule has 27 heavy (non-hydrogen) atoms. The summed E-state index contributed by atoms with van der Waals surface area (Å²) in [4.78, 5) is 11.7. The van der Waals surface area contributed by atoms with Crippen LogP contribution in [-0.4, -0.2) is 25.8 Å². The van der Waals surface area contributed by atoms with Crippen LogP contribution in [-0.2, 0) is 11.3 Å². The molecule has 0 spiro atoms. The van der Waals surface area contributed by atoms with Gasteiger partial charge in [-0.2, -0.15) is 0 Å². The van der Waals surface area contributed by atoms with Gasteiger partial charge in [-0.1, -0.05) is 35.9 Å². The zero-order chi connectivity index (χ0) is 19.4. The first-order valence-corrected chi connectivity index (χ1v) is 9.26. The Labute approximate surface area is 165 Å². The summed E-state index contributed by atoms with van der Waals surface area (Å²) in [5.41, 5.74) is 1.35. The van der Waals surface area contributed by atoms with Crippen molar-refractivity contribution < 1.29 is 15.0 Å². The summed E-state index contributed by atoms with van der Waals surface area (Å²) in [6, 6.07) is 13.2. The molecule has 3 rings (SSSR count). The molecule has 138 valence electrons. The van der Waals surface area contributed by atoms with E-state index in [0.717, 1.165) is 17.3 Å². The molecule has 1 heterocycles. The lowest BCUT2D eigenvalue weighted by molar-refractivity contribution is -0.268. The maximum atomic E-state index is 11.7. The van der Waals surface area contributed by atoms with Gasteiger partial charge in [-0.15, -0.1) is 15.9 Å². The highest BCUT2D eigenvalue weighted by Gasteiger charge is 2.18. The number of carbonyl (C=O) groups is 1. The second-order valence-corrected chi connectivity index (χ2v) is 6.99. The van der Waals surface area contributed by atoms with Gasteiger partial charge in [0.25, 0.3) is 0 Å². The highest BCUT2D eigenvalue weighted by atomic mass is 35.5. The molecule has 0 radical (unpaired) electrons. The van der Waals surface area contributed by atoms with Crippen molar-refractivity contribution in [2.45, 2.75) is 18.6 Å². The summed E-state index contributed by atoms with van der Waals surface area (Å²) >= 11 is 6.92. The van der Waals surface area contributed by atoms with Gasteiger partial charge in [0.2, 0.25) is 0 Å². The first kappa shape index (κ1) is 19.0. The average Bonchev–Trinajstić information content (AvgIpc) is 3.04. The maximum Gasteiger partial charge on any atom is 0.342 e. The number of hydrogen-bond acceptors (Lipinski definition) is 5. The van der Waals surface area contributed by atoms with Crippen molar-refractivity contribution in [2.75, 3.05) is 0 Å². The Morgan fingerprint density at radius 3 is 2.63 bits per heavy atom. The highest BCUT2D eigenvalue weighted by molar-refractivity contribution is 8.04. The monoisotopic (exact) mass is 400 g/mol. The molecule has 3 aromatic rings. The lowest BCUT2D eigenvalue weighted by Gasteiger charge is -2.09. The van der Waals surface area contributed by atoms with E-state index >= 15 is 0 Å². The molecule has 6 nitrogen and oxygen atoms in total. The van der Waals surface area contributed by atoms with Crippen LogP contribution in [0.25, 0.3) is 17.5 Å². The number of halogens is 1. The van der Waals surface area contributed by atoms with E-state index in [2.05, 4.69) is 10.2 Å². The van der Waals surface area contributed by atoms with Crippen molar-refractivity contribution in [3.8, 4) is 17.1 Å². The molecule has 0 unspecified atom stereocenters. The van der Waals surface area contributed by atoms with Crippen molar-refractivity contribution in [3.63, 3.8) is 0 Å². The lowest BCUT2D eigenvalue weighted by atomic mass is 10.2. The van der Waals surface area contributed by atoms with E-state index in [1.807, 2.05) is 23.6 Å². The summed E-state index contributed by atoms with van der Waals surface area (Å²) in [6.07, 6.45) is 1.45. The van der Waals surface area contributed by atoms with Crippen LogP contribution in [0, 0.1) is 0 Å². The molecule has 0 aliphatic heterocycles. The number of benzene rings is 2. The van der Waals surface area contributed by atoms with Crippen LogP contribution >= 0.6 is 23.4 Å². The molecule has 0 amide bonds. The number of carboxylic acid groups (broad SMARTS) is 1. The van der Waals surface area contributed by atoms with Crippen molar-refractivity contribution in [1.29, 1.82) is 0 Å². The van der Waals surface area contributed by atoms with E-state index in [-0.39, 0.29) is 10.7 Å². The summed E-state index contributed by atoms with van der Waals surface area (Å²) in [6.45, 7) is 2.49. The summed E-state index contributed by atoms with van der Waals surface area (Å²) in [7, 11) is 0. The van der Waals surface area contributed by atoms with Crippen LogP contribution in [0.3, 0.4) is 0 Å². The fourth-order valence-electron chi connectivity index (χ4n) is 2.45. The molecule has 0 aliphatic carbocycles. The van der Waals surface area contributed by atoms with Crippen LogP contribution in [0.15, 0.2) is 58.6 Å². The van der Waals surface area contributed by atoms with Crippen molar-refractivity contribution in [1.82, 2.24) is 14.8 Å². The van der Waals surface area contributed by atoms with Crippen molar-refractivity contribution in [3.05, 3.63) is 64.0 Å². The number of aromatic nitrogens is 3. The predicted molar refractivity (Wildman–Crippen MR) is 103 cm³/mol. The van der Waals surface area contributed by atoms with Crippen LogP contribution < -0.4 is 5.11 Å². The zero-order valence-corrected chi connectivity index (χ0v) is 15.9. The van der Waals surface area contributed by atoms with E-state index in [4.69, 9.17) is 11.6 Å². The quantitative estimate of drug-likeness (QED) is 0.498. The Hall–Kier alpha value is -2.77. The van der Waals surface area contributed by atoms with Crippen molar-refractivity contribution >= 4 is 35.4 Å². The van der Waals surface area contributed by atoms with Crippen LogP contribution in [0.4, 0.5) is 0 Å². The number of hydrogen-bond donors (Lipinski definition) is 1. The molecule has 0 aliphatic rings. The van der Waals surface area contributed by atoms with Gasteiger partial charge in [-0.25, -0.2) is 4.79 Å². The fraction of sp³-hybridized carbons (Fsp3) is 0.105. The zero-order valence-electron chi connectivity index (χ0n) is 14.3. The van der Waals surface area contributed by atoms with Gasteiger partial charge in [0, 0.05) is 17.1 Å². The first-order chi connectivity index (χ1) is 13.0. The second-order valence-electron chi connectivity index (χ2n) is 5.55. The minimum absolute atomic E-state index is 0.0466. The third kappa shape index (κ3) is 4.50. The molecule has 0 fully saturated rings. The Bertz CT molecular complexity index is 1000. The van der Waals surface area contributed by atoms with E-state index in [1.54, 1.807) is 24.3 Å². The normalized spacial score (nSPS) is 11.6. The number of aliphatic carboxylic acids is 1. The first-order valence-electron chi connectivity index (χ1n) is 8.07. The lowest BCUT2D eigenvalue weighted by Crippen LogP contribution is -2.02.